The van der Waals surface area contributed by atoms with Crippen LogP contribution in [0.4, 0.5) is 5.95 Å². The van der Waals surface area contributed by atoms with Crippen molar-refractivity contribution in [2.24, 2.45) is 0 Å². The first-order valence-corrected chi connectivity index (χ1v) is 11.8. The van der Waals surface area contributed by atoms with Crippen LogP contribution in [-0.4, -0.2) is 62.4 Å². The van der Waals surface area contributed by atoms with Gasteiger partial charge in [0.05, 0.1) is 26.6 Å². The van der Waals surface area contributed by atoms with Crippen molar-refractivity contribution in [3.63, 3.8) is 0 Å². The van der Waals surface area contributed by atoms with Crippen LogP contribution in [0, 0.1) is 0 Å². The molecule has 0 aliphatic carbocycles. The second-order valence-corrected chi connectivity index (χ2v) is 9.00. The van der Waals surface area contributed by atoms with E-state index in [4.69, 9.17) is 14.2 Å². The molecule has 10 nitrogen and oxygen atoms in total. The Bertz CT molecular complexity index is 1040. The smallest absolute Gasteiger partial charge is 0.235 e. The molecule has 2 atom stereocenters. The maximum Gasteiger partial charge on any atom is 0.235 e. The summed E-state index contributed by atoms with van der Waals surface area (Å²) in [5.74, 6) is 3.48. The lowest BCUT2D eigenvalue weighted by atomic mass is 10.1. The van der Waals surface area contributed by atoms with E-state index in [2.05, 4.69) is 48.3 Å². The van der Waals surface area contributed by atoms with Crippen LogP contribution < -0.4 is 14.2 Å². The Hall–Kier alpha value is -2.92. The first-order chi connectivity index (χ1) is 16.1. The Kier molecular flexibility index (Phi) is 7.61. The normalized spacial score (nSPS) is 16.2. The highest BCUT2D eigenvalue weighted by Crippen LogP contribution is 2.33. The Morgan fingerprint density at radius 1 is 1.09 bits per heavy atom. The van der Waals surface area contributed by atoms with Gasteiger partial charge in [-0.25, -0.2) is 15.0 Å². The van der Waals surface area contributed by atoms with Gasteiger partial charge in [-0.05, 0) is 30.9 Å². The van der Waals surface area contributed by atoms with E-state index in [9.17, 15) is 0 Å². The van der Waals surface area contributed by atoms with Crippen LogP contribution in [0.25, 0.3) is 11.5 Å². The van der Waals surface area contributed by atoms with E-state index in [0.29, 0.717) is 36.6 Å². The minimum absolute atomic E-state index is 0.118. The van der Waals surface area contributed by atoms with E-state index >= 15 is 0 Å². The van der Waals surface area contributed by atoms with E-state index in [1.165, 1.54) is 0 Å². The van der Waals surface area contributed by atoms with Crippen LogP contribution >= 0.6 is 11.9 Å². The fourth-order valence-electron chi connectivity index (χ4n) is 3.60. The number of hydrogen-bond acceptors (Lipinski definition) is 10. The predicted octanol–water partition coefficient (Wildman–Crippen LogP) is 3.75. The average molecular weight is 472 g/mol. The number of hydrogen-bond donors (Lipinski definition) is 1. The first kappa shape index (κ1) is 23.2. The lowest BCUT2D eigenvalue weighted by molar-refractivity contribution is 0.0704. The van der Waals surface area contributed by atoms with Crippen LogP contribution in [0.2, 0.25) is 0 Å². The van der Waals surface area contributed by atoms with Crippen molar-refractivity contribution in [3.8, 4) is 23.1 Å². The van der Waals surface area contributed by atoms with Gasteiger partial charge in [0.2, 0.25) is 11.8 Å². The molecule has 2 unspecified atom stereocenters. The van der Waals surface area contributed by atoms with Gasteiger partial charge in [-0.1, -0.05) is 19.9 Å². The topological polar surface area (TPSA) is 109 Å². The quantitative estimate of drug-likeness (QED) is 0.463. The van der Waals surface area contributed by atoms with Crippen LogP contribution in [0.15, 0.2) is 30.6 Å². The lowest BCUT2D eigenvalue weighted by Gasteiger charge is -2.26. The molecule has 4 heterocycles. The van der Waals surface area contributed by atoms with E-state index < -0.39 is 0 Å². The number of rotatable bonds is 9. The van der Waals surface area contributed by atoms with Gasteiger partial charge in [0.25, 0.3) is 0 Å². The second-order valence-electron chi connectivity index (χ2n) is 7.82. The minimum atomic E-state index is 0.118. The molecule has 1 fully saturated rings. The van der Waals surface area contributed by atoms with Gasteiger partial charge in [0.1, 0.15) is 11.5 Å². The summed E-state index contributed by atoms with van der Waals surface area (Å²) in [5, 5.41) is 9.12. The molecular formula is C22H29N7O3S. The van der Waals surface area contributed by atoms with E-state index in [1.54, 1.807) is 38.6 Å². The Morgan fingerprint density at radius 3 is 2.55 bits per heavy atom. The highest BCUT2D eigenvalue weighted by molar-refractivity contribution is 8.01. The van der Waals surface area contributed by atoms with Crippen molar-refractivity contribution in [1.29, 1.82) is 0 Å². The molecule has 1 aliphatic heterocycles. The highest BCUT2D eigenvalue weighted by atomic mass is 32.2. The first-order valence-electron chi connectivity index (χ1n) is 10.9. The minimum Gasteiger partial charge on any atom is -0.494 e. The third-order valence-electron chi connectivity index (χ3n) is 5.74. The summed E-state index contributed by atoms with van der Waals surface area (Å²) in [7, 11) is 3.21. The summed E-state index contributed by atoms with van der Waals surface area (Å²) >= 11 is 1.58. The molecule has 0 saturated carbocycles. The van der Waals surface area contributed by atoms with E-state index in [1.807, 2.05) is 18.2 Å². The van der Waals surface area contributed by atoms with Gasteiger partial charge in [-0.2, -0.15) is 0 Å². The largest absolute Gasteiger partial charge is 0.494 e. The summed E-state index contributed by atoms with van der Waals surface area (Å²) in [6.45, 7) is 5.66. The van der Waals surface area contributed by atoms with Gasteiger partial charge in [-0.3, -0.25) is 9.29 Å². The summed E-state index contributed by atoms with van der Waals surface area (Å²) in [6, 6.07) is 5.87. The monoisotopic (exact) mass is 471 g/mol. The molecule has 3 aromatic rings. The fourth-order valence-corrected chi connectivity index (χ4v) is 4.36. The number of aromatic nitrogens is 6. The fraction of sp³-hybridized carbons (Fsp3) is 0.500. The predicted molar refractivity (Wildman–Crippen MR) is 127 cm³/mol. The zero-order chi connectivity index (χ0) is 23.2. The summed E-state index contributed by atoms with van der Waals surface area (Å²) < 4.78 is 21.6. The lowest BCUT2D eigenvalue weighted by Crippen LogP contribution is -2.22. The van der Waals surface area contributed by atoms with Crippen LogP contribution in [0.3, 0.4) is 0 Å². The van der Waals surface area contributed by atoms with Crippen molar-refractivity contribution in [3.05, 3.63) is 36.4 Å². The van der Waals surface area contributed by atoms with Gasteiger partial charge in [0, 0.05) is 36.5 Å². The molecule has 0 spiro atoms. The zero-order valence-electron chi connectivity index (χ0n) is 19.3. The average Bonchev–Trinajstić information content (AvgIpc) is 3.31. The molecule has 176 valence electrons. The Balaban J connectivity index is 1.54. The third kappa shape index (κ3) is 5.36. The molecular weight excluding hydrogens is 442 g/mol. The molecule has 0 radical (unpaired) electrons. The van der Waals surface area contributed by atoms with Gasteiger partial charge in [-0.15, -0.1) is 10.2 Å². The van der Waals surface area contributed by atoms with E-state index in [0.717, 1.165) is 24.4 Å². The Labute approximate surface area is 197 Å². The number of methoxy groups -OCH3 is 2. The number of pyridine rings is 1. The number of nitrogens with one attached hydrogen (secondary N) is 1. The maximum absolute atomic E-state index is 5.58. The van der Waals surface area contributed by atoms with Crippen molar-refractivity contribution in [1.82, 2.24) is 29.7 Å². The van der Waals surface area contributed by atoms with Crippen molar-refractivity contribution < 1.29 is 14.2 Å². The van der Waals surface area contributed by atoms with Gasteiger partial charge < -0.3 is 14.2 Å². The summed E-state index contributed by atoms with van der Waals surface area (Å²) in [5.41, 5.74) is 0.722. The highest BCUT2D eigenvalue weighted by Gasteiger charge is 2.26. The number of nitrogens with zero attached hydrogens (tertiary/aromatic N) is 6. The summed E-state index contributed by atoms with van der Waals surface area (Å²) in [6.07, 6.45) is 5.16. The molecule has 0 amide bonds. The van der Waals surface area contributed by atoms with E-state index in [-0.39, 0.29) is 17.2 Å². The van der Waals surface area contributed by atoms with Gasteiger partial charge in [0.15, 0.2) is 11.6 Å². The van der Waals surface area contributed by atoms with Crippen LogP contribution in [-0.2, 0) is 4.74 Å². The zero-order valence-corrected chi connectivity index (χ0v) is 20.1. The number of anilines is 1. The van der Waals surface area contributed by atoms with Crippen molar-refractivity contribution in [2.75, 3.05) is 32.2 Å². The molecule has 1 saturated heterocycles. The van der Waals surface area contributed by atoms with Crippen molar-refractivity contribution >= 4 is 17.9 Å². The molecule has 1 aliphatic rings. The number of ether oxygens (including phenoxy) is 3. The Morgan fingerprint density at radius 2 is 1.85 bits per heavy atom. The molecule has 3 aromatic heterocycles. The molecule has 11 heteroatoms. The van der Waals surface area contributed by atoms with Crippen molar-refractivity contribution in [2.45, 2.75) is 43.9 Å². The maximum atomic E-state index is 5.58. The van der Waals surface area contributed by atoms with Crippen LogP contribution in [0.5, 0.6) is 11.6 Å². The molecule has 0 bridgehead atoms. The third-order valence-corrected chi connectivity index (χ3v) is 6.83. The standard InChI is InChI=1S/C22H29N7O3S/c1-14(20-23-12-17(30-3)13-24-20)15(2)33-28-22-27-26-21(18-6-5-7-19(25-18)31-4)29(22)16-8-10-32-11-9-16/h5-7,12-16H,8-11H2,1-4H3,(H,27,28). The second kappa shape index (κ2) is 10.8. The molecule has 0 aromatic carbocycles. The SMILES string of the molecule is COc1cnc(C(C)C(C)SNc2nnc(-c3cccc(OC)n3)n2C2CCOCC2)nc1. The summed E-state index contributed by atoms with van der Waals surface area (Å²) in [4.78, 5) is 13.4. The van der Waals surface area contributed by atoms with Crippen LogP contribution in [0.1, 0.15) is 44.5 Å². The molecule has 33 heavy (non-hydrogen) atoms. The molecule has 1 N–H and O–H groups in total. The van der Waals surface area contributed by atoms with Gasteiger partial charge >= 0.3 is 0 Å². The molecule has 4 rings (SSSR count).